The summed E-state index contributed by atoms with van der Waals surface area (Å²) >= 11 is 0. The van der Waals surface area contributed by atoms with Crippen LogP contribution >= 0.6 is 0 Å². The summed E-state index contributed by atoms with van der Waals surface area (Å²) in [6.45, 7) is 3.58. The van der Waals surface area contributed by atoms with Crippen LogP contribution in [0.5, 0.6) is 0 Å². The van der Waals surface area contributed by atoms with Crippen LogP contribution < -0.4 is 5.73 Å². The van der Waals surface area contributed by atoms with Gasteiger partial charge in [-0.15, -0.1) is 0 Å². The second-order valence-electron chi connectivity index (χ2n) is 3.87. The molecule has 0 heterocycles. The molecule has 0 aromatic heterocycles. The highest BCUT2D eigenvalue weighted by Crippen LogP contribution is 2.21. The molecule has 1 unspecified atom stereocenters. The summed E-state index contributed by atoms with van der Waals surface area (Å²) < 4.78 is 28.9. The van der Waals surface area contributed by atoms with E-state index in [-0.39, 0.29) is 16.8 Å². The van der Waals surface area contributed by atoms with Gasteiger partial charge in [-0.3, -0.25) is 0 Å². The number of benzene rings is 1. The number of rotatable bonds is 4. The van der Waals surface area contributed by atoms with E-state index in [9.17, 15) is 8.42 Å². The molecule has 0 saturated heterocycles. The molecule has 1 atom stereocenters. The Morgan fingerprint density at radius 3 is 2.56 bits per heavy atom. The Morgan fingerprint density at radius 2 is 2.06 bits per heavy atom. The van der Waals surface area contributed by atoms with Crippen LogP contribution in [0.2, 0.25) is 0 Å². The van der Waals surface area contributed by atoms with Crippen molar-refractivity contribution < 1.29 is 13.2 Å². The number of nitrogen functional groups attached to an aromatic ring is 1. The Balaban J connectivity index is 3.08. The van der Waals surface area contributed by atoms with Gasteiger partial charge in [0, 0.05) is 7.11 Å². The predicted molar refractivity (Wildman–Crippen MR) is 64.1 cm³/mol. The molecule has 1 aromatic rings. The lowest BCUT2D eigenvalue weighted by molar-refractivity contribution is 0.136. The van der Waals surface area contributed by atoms with E-state index >= 15 is 0 Å². The second-order valence-corrected chi connectivity index (χ2v) is 5.87. The Bertz CT molecular complexity index is 468. The molecule has 0 spiro atoms. The first kappa shape index (κ1) is 13.0. The summed E-state index contributed by atoms with van der Waals surface area (Å²) in [4.78, 5) is 0.182. The van der Waals surface area contributed by atoms with E-state index in [1.54, 1.807) is 25.1 Å². The van der Waals surface area contributed by atoms with E-state index in [1.165, 1.54) is 7.11 Å². The maximum Gasteiger partial charge on any atom is 0.182 e. The number of sulfone groups is 1. The molecule has 4 nitrogen and oxygen atoms in total. The van der Waals surface area contributed by atoms with Crippen LogP contribution in [-0.2, 0) is 14.6 Å². The first-order valence-electron chi connectivity index (χ1n) is 4.98. The number of hydrogen-bond acceptors (Lipinski definition) is 4. The summed E-state index contributed by atoms with van der Waals surface area (Å²) in [6, 6.07) is 4.94. The normalized spacial score (nSPS) is 13.7. The minimum Gasteiger partial charge on any atom is -0.398 e. The van der Waals surface area contributed by atoms with Crippen molar-refractivity contribution >= 4 is 15.5 Å². The largest absolute Gasteiger partial charge is 0.398 e. The number of methoxy groups -OCH3 is 1. The van der Waals surface area contributed by atoms with E-state index in [2.05, 4.69) is 0 Å². The number of anilines is 1. The molecule has 0 bridgehead atoms. The van der Waals surface area contributed by atoms with Gasteiger partial charge in [0.15, 0.2) is 9.84 Å². The Hall–Kier alpha value is -1.07. The highest BCUT2D eigenvalue weighted by atomic mass is 32.2. The van der Waals surface area contributed by atoms with Crippen molar-refractivity contribution in [3.05, 3.63) is 23.8 Å². The molecular weight excluding hydrogens is 226 g/mol. The highest BCUT2D eigenvalue weighted by molar-refractivity contribution is 7.91. The number of aryl methyl sites for hydroxylation is 1. The lowest BCUT2D eigenvalue weighted by atomic mass is 10.2. The average Bonchev–Trinajstić information content (AvgIpc) is 2.16. The van der Waals surface area contributed by atoms with Crippen LogP contribution in [0.3, 0.4) is 0 Å². The van der Waals surface area contributed by atoms with Crippen LogP contribution in [0, 0.1) is 6.92 Å². The van der Waals surface area contributed by atoms with Crippen molar-refractivity contribution in [1.82, 2.24) is 0 Å². The number of hydrogen-bond donors (Lipinski definition) is 1. The van der Waals surface area contributed by atoms with Crippen molar-refractivity contribution in [2.24, 2.45) is 0 Å². The van der Waals surface area contributed by atoms with Gasteiger partial charge in [-0.2, -0.15) is 0 Å². The Labute approximate surface area is 96.3 Å². The van der Waals surface area contributed by atoms with Crippen molar-refractivity contribution in [3.63, 3.8) is 0 Å². The molecule has 0 amide bonds. The van der Waals surface area contributed by atoms with Crippen molar-refractivity contribution in [1.29, 1.82) is 0 Å². The summed E-state index contributed by atoms with van der Waals surface area (Å²) in [5.41, 5.74) is 6.94. The molecular formula is C11H17NO3S. The third kappa shape index (κ3) is 2.96. The van der Waals surface area contributed by atoms with Gasteiger partial charge in [-0.05, 0) is 31.5 Å². The van der Waals surface area contributed by atoms with E-state index in [4.69, 9.17) is 10.5 Å². The number of ether oxygens (including phenoxy) is 1. The molecule has 0 saturated carbocycles. The van der Waals surface area contributed by atoms with Gasteiger partial charge in [0.25, 0.3) is 0 Å². The zero-order valence-electron chi connectivity index (χ0n) is 9.73. The molecule has 0 aliphatic rings. The van der Waals surface area contributed by atoms with Gasteiger partial charge in [-0.25, -0.2) is 8.42 Å². The average molecular weight is 243 g/mol. The van der Waals surface area contributed by atoms with Crippen molar-refractivity contribution in [2.45, 2.75) is 24.8 Å². The molecule has 16 heavy (non-hydrogen) atoms. The molecule has 1 rings (SSSR count). The number of nitrogens with two attached hydrogens (primary N) is 1. The predicted octanol–water partition coefficient (Wildman–Crippen LogP) is 1.39. The highest BCUT2D eigenvalue weighted by Gasteiger charge is 2.20. The van der Waals surface area contributed by atoms with E-state index in [0.29, 0.717) is 5.69 Å². The summed E-state index contributed by atoms with van der Waals surface area (Å²) in [5.74, 6) is -0.0588. The summed E-state index contributed by atoms with van der Waals surface area (Å²) in [7, 11) is -1.88. The van der Waals surface area contributed by atoms with Gasteiger partial charge in [-0.1, -0.05) is 6.07 Å². The van der Waals surface area contributed by atoms with Crippen LogP contribution in [0.25, 0.3) is 0 Å². The SMILES string of the molecule is COC(C)CS(=O)(=O)c1ccc(C)cc1N. The fraction of sp³-hybridized carbons (Fsp3) is 0.455. The monoisotopic (exact) mass is 243 g/mol. The summed E-state index contributed by atoms with van der Waals surface area (Å²) in [5, 5.41) is 0. The minimum atomic E-state index is -3.37. The van der Waals surface area contributed by atoms with E-state index < -0.39 is 9.84 Å². The van der Waals surface area contributed by atoms with Crippen LogP contribution in [0.1, 0.15) is 12.5 Å². The zero-order chi connectivity index (χ0) is 12.3. The Morgan fingerprint density at radius 1 is 1.44 bits per heavy atom. The maximum absolute atomic E-state index is 12.0. The standard InChI is InChI=1S/C11H17NO3S/c1-8-4-5-11(10(12)6-8)16(13,14)7-9(2)15-3/h4-6,9H,7,12H2,1-3H3. The minimum absolute atomic E-state index is 0.0588. The molecule has 1 aromatic carbocycles. The van der Waals surface area contributed by atoms with E-state index in [1.807, 2.05) is 6.92 Å². The molecule has 0 radical (unpaired) electrons. The molecule has 0 fully saturated rings. The van der Waals surface area contributed by atoms with Gasteiger partial charge in [0.05, 0.1) is 22.4 Å². The topological polar surface area (TPSA) is 69.4 Å². The van der Waals surface area contributed by atoms with Gasteiger partial charge >= 0.3 is 0 Å². The van der Waals surface area contributed by atoms with Crippen molar-refractivity contribution in [3.8, 4) is 0 Å². The van der Waals surface area contributed by atoms with Gasteiger partial charge < -0.3 is 10.5 Å². The summed E-state index contributed by atoms with van der Waals surface area (Å²) in [6.07, 6.45) is -0.342. The third-order valence-electron chi connectivity index (χ3n) is 2.36. The van der Waals surface area contributed by atoms with Crippen LogP contribution in [0.15, 0.2) is 23.1 Å². The van der Waals surface area contributed by atoms with Gasteiger partial charge in [0.2, 0.25) is 0 Å². The quantitative estimate of drug-likeness (QED) is 0.811. The lowest BCUT2D eigenvalue weighted by Gasteiger charge is -2.12. The smallest absolute Gasteiger partial charge is 0.182 e. The fourth-order valence-corrected chi connectivity index (χ4v) is 3.04. The molecule has 5 heteroatoms. The molecule has 2 N–H and O–H groups in total. The Kier molecular flexibility index (Phi) is 3.93. The van der Waals surface area contributed by atoms with E-state index in [0.717, 1.165) is 5.56 Å². The van der Waals surface area contributed by atoms with Crippen molar-refractivity contribution in [2.75, 3.05) is 18.6 Å². The van der Waals surface area contributed by atoms with Crippen LogP contribution in [0.4, 0.5) is 5.69 Å². The first-order chi connectivity index (χ1) is 7.36. The lowest BCUT2D eigenvalue weighted by Crippen LogP contribution is -2.20. The molecule has 0 aliphatic heterocycles. The molecule has 90 valence electrons. The molecule has 0 aliphatic carbocycles. The first-order valence-corrected chi connectivity index (χ1v) is 6.63. The third-order valence-corrected chi connectivity index (χ3v) is 4.31. The zero-order valence-corrected chi connectivity index (χ0v) is 10.5. The maximum atomic E-state index is 12.0. The fourth-order valence-electron chi connectivity index (χ4n) is 1.42. The van der Waals surface area contributed by atoms with Crippen LogP contribution in [-0.4, -0.2) is 27.4 Å². The second kappa shape index (κ2) is 4.84. The van der Waals surface area contributed by atoms with Gasteiger partial charge in [0.1, 0.15) is 0 Å².